The minimum atomic E-state index is 0.480. The summed E-state index contributed by atoms with van der Waals surface area (Å²) < 4.78 is 0. The van der Waals surface area contributed by atoms with Gasteiger partial charge >= 0.3 is 0 Å². The monoisotopic (exact) mass is 171 g/mol. The van der Waals surface area contributed by atoms with Crippen molar-refractivity contribution in [3.05, 3.63) is 0 Å². The number of hydrogen-bond acceptors (Lipinski definition) is 2. The summed E-state index contributed by atoms with van der Waals surface area (Å²) in [6.07, 6.45) is 0. The summed E-state index contributed by atoms with van der Waals surface area (Å²) in [5, 5.41) is 3.25. The maximum absolute atomic E-state index is 4.37. The third kappa shape index (κ3) is 7.54. The van der Waals surface area contributed by atoms with Gasteiger partial charge in [0.05, 0.1) is 12.4 Å². The molecule has 0 atom stereocenters. The lowest BCUT2D eigenvalue weighted by molar-refractivity contribution is 0.420. The average molecular weight is 171 g/mol. The average Bonchev–Trinajstić information content (AvgIpc) is 1.84. The van der Waals surface area contributed by atoms with Gasteiger partial charge in [-0.1, -0.05) is 0 Å². The molecule has 12 heavy (non-hydrogen) atoms. The van der Waals surface area contributed by atoms with Crippen LogP contribution in [0.3, 0.4) is 0 Å². The Balaban J connectivity index is 3.55. The minimum absolute atomic E-state index is 0.480. The molecule has 0 radical (unpaired) electrons. The zero-order chi connectivity index (χ0) is 9.56. The van der Waals surface area contributed by atoms with Gasteiger partial charge in [0, 0.05) is 12.6 Å². The third-order valence-electron chi connectivity index (χ3n) is 1.39. The molecule has 3 heteroatoms. The zero-order valence-electron chi connectivity index (χ0n) is 8.89. The lowest BCUT2D eigenvalue weighted by atomic mass is 10.4. The van der Waals surface area contributed by atoms with Gasteiger partial charge in [-0.15, -0.1) is 0 Å². The predicted molar refractivity (Wildman–Crippen MR) is 54.8 cm³/mol. The lowest BCUT2D eigenvalue weighted by Gasteiger charge is -2.10. The van der Waals surface area contributed by atoms with Gasteiger partial charge in [-0.25, -0.2) is 0 Å². The van der Waals surface area contributed by atoms with E-state index < -0.39 is 0 Å². The summed E-state index contributed by atoms with van der Waals surface area (Å²) >= 11 is 0. The number of nitrogens with one attached hydrogen (secondary N) is 1. The van der Waals surface area contributed by atoms with Crippen molar-refractivity contribution < 1.29 is 0 Å². The van der Waals surface area contributed by atoms with E-state index in [0.29, 0.717) is 6.04 Å². The summed E-state index contributed by atoms with van der Waals surface area (Å²) in [5.41, 5.74) is 0. The van der Waals surface area contributed by atoms with Crippen molar-refractivity contribution in [2.45, 2.75) is 26.8 Å². The van der Waals surface area contributed by atoms with E-state index in [4.69, 9.17) is 0 Å². The van der Waals surface area contributed by atoms with Crippen molar-refractivity contribution in [1.82, 2.24) is 10.2 Å². The number of hydrogen-bond donors (Lipinski definition) is 1. The maximum atomic E-state index is 4.37. The van der Waals surface area contributed by atoms with Crippen molar-refractivity contribution in [2.24, 2.45) is 4.99 Å². The molecule has 0 aliphatic rings. The molecule has 0 amide bonds. The van der Waals surface area contributed by atoms with Gasteiger partial charge in [-0.2, -0.15) is 0 Å². The summed E-state index contributed by atoms with van der Waals surface area (Å²) in [5.74, 6) is 1.03. The van der Waals surface area contributed by atoms with E-state index in [9.17, 15) is 0 Å². The van der Waals surface area contributed by atoms with Gasteiger partial charge in [0.25, 0.3) is 0 Å². The van der Waals surface area contributed by atoms with Crippen LogP contribution in [0.25, 0.3) is 0 Å². The van der Waals surface area contributed by atoms with E-state index in [2.05, 4.69) is 43.2 Å². The SMILES string of the molecule is CC(=NCCN(C)C)NC(C)C. The largest absolute Gasteiger partial charge is 0.372 e. The summed E-state index contributed by atoms with van der Waals surface area (Å²) in [6, 6.07) is 0.480. The molecule has 0 aromatic carbocycles. The van der Waals surface area contributed by atoms with E-state index in [1.165, 1.54) is 0 Å². The molecule has 1 N–H and O–H groups in total. The molecule has 0 fully saturated rings. The van der Waals surface area contributed by atoms with Crippen LogP contribution in [0.5, 0.6) is 0 Å². The van der Waals surface area contributed by atoms with E-state index in [1.807, 2.05) is 6.92 Å². The van der Waals surface area contributed by atoms with Gasteiger partial charge in [0.2, 0.25) is 0 Å². The second-order valence-electron chi connectivity index (χ2n) is 3.57. The van der Waals surface area contributed by atoms with Gasteiger partial charge in [-0.3, -0.25) is 4.99 Å². The van der Waals surface area contributed by atoms with Crippen LogP contribution in [0, 0.1) is 0 Å². The van der Waals surface area contributed by atoms with E-state index in [0.717, 1.165) is 18.9 Å². The summed E-state index contributed by atoms with van der Waals surface area (Å²) in [6.45, 7) is 8.13. The van der Waals surface area contributed by atoms with E-state index >= 15 is 0 Å². The normalized spacial score (nSPS) is 12.8. The topological polar surface area (TPSA) is 27.6 Å². The molecule has 72 valence electrons. The smallest absolute Gasteiger partial charge is 0.0934 e. The molecular weight excluding hydrogens is 150 g/mol. The second-order valence-corrected chi connectivity index (χ2v) is 3.57. The highest BCUT2D eigenvalue weighted by Gasteiger charge is 1.93. The highest BCUT2D eigenvalue weighted by atomic mass is 15.1. The Labute approximate surface area is 75.9 Å². The fourth-order valence-electron chi connectivity index (χ4n) is 0.881. The third-order valence-corrected chi connectivity index (χ3v) is 1.39. The van der Waals surface area contributed by atoms with E-state index in [1.54, 1.807) is 0 Å². The quantitative estimate of drug-likeness (QED) is 0.504. The molecule has 3 nitrogen and oxygen atoms in total. The predicted octanol–water partition coefficient (Wildman–Crippen LogP) is 0.964. The van der Waals surface area contributed by atoms with Crippen LogP contribution >= 0.6 is 0 Å². The second kappa shape index (κ2) is 6.00. The number of rotatable bonds is 4. The Hall–Kier alpha value is -0.570. The van der Waals surface area contributed by atoms with Crippen LogP contribution in [0.4, 0.5) is 0 Å². The molecule has 0 aliphatic heterocycles. The van der Waals surface area contributed by atoms with Crippen LogP contribution in [0.2, 0.25) is 0 Å². The van der Waals surface area contributed by atoms with Gasteiger partial charge in [0.1, 0.15) is 0 Å². The van der Waals surface area contributed by atoms with Crippen molar-refractivity contribution >= 4 is 5.84 Å². The van der Waals surface area contributed by atoms with Crippen LogP contribution in [0.1, 0.15) is 20.8 Å². The first-order valence-corrected chi connectivity index (χ1v) is 4.44. The van der Waals surface area contributed by atoms with Crippen LogP contribution in [0.15, 0.2) is 4.99 Å². The zero-order valence-corrected chi connectivity index (χ0v) is 8.89. The first-order chi connectivity index (χ1) is 5.52. The summed E-state index contributed by atoms with van der Waals surface area (Å²) in [4.78, 5) is 6.50. The highest BCUT2D eigenvalue weighted by Crippen LogP contribution is 1.81. The Morgan fingerprint density at radius 3 is 2.42 bits per heavy atom. The Morgan fingerprint density at radius 1 is 1.42 bits per heavy atom. The fraction of sp³-hybridized carbons (Fsp3) is 0.889. The molecule has 0 aromatic heterocycles. The molecule has 0 aromatic rings. The molecule has 0 aliphatic carbocycles. The number of aliphatic imine (C=N–C) groups is 1. The van der Waals surface area contributed by atoms with Crippen LogP contribution in [-0.4, -0.2) is 44.0 Å². The molecule has 0 heterocycles. The number of amidine groups is 1. The minimum Gasteiger partial charge on any atom is -0.372 e. The molecule has 0 bridgehead atoms. The molecule has 0 spiro atoms. The summed E-state index contributed by atoms with van der Waals surface area (Å²) in [7, 11) is 4.11. The lowest BCUT2D eigenvalue weighted by Crippen LogP contribution is -2.28. The standard InChI is InChI=1S/C9H21N3/c1-8(2)11-9(3)10-6-7-12(4)5/h8H,6-7H2,1-5H3,(H,10,11). The van der Waals surface area contributed by atoms with Crippen molar-refractivity contribution in [1.29, 1.82) is 0 Å². The molecule has 0 saturated carbocycles. The van der Waals surface area contributed by atoms with Gasteiger partial charge in [-0.05, 0) is 34.9 Å². The van der Waals surface area contributed by atoms with Gasteiger partial charge in [0.15, 0.2) is 0 Å². The molecular formula is C9H21N3. The van der Waals surface area contributed by atoms with Gasteiger partial charge < -0.3 is 10.2 Å². The maximum Gasteiger partial charge on any atom is 0.0934 e. The first kappa shape index (κ1) is 11.4. The number of nitrogens with zero attached hydrogens (tertiary/aromatic N) is 2. The Bertz CT molecular complexity index is 139. The molecule has 0 rings (SSSR count). The van der Waals surface area contributed by atoms with Crippen molar-refractivity contribution in [3.8, 4) is 0 Å². The number of likely N-dealkylation sites (N-methyl/N-ethyl adjacent to an activating group) is 1. The van der Waals surface area contributed by atoms with Crippen LogP contribution < -0.4 is 5.32 Å². The molecule has 0 unspecified atom stereocenters. The fourth-order valence-corrected chi connectivity index (χ4v) is 0.881. The Kier molecular flexibility index (Phi) is 5.72. The molecule has 0 saturated heterocycles. The van der Waals surface area contributed by atoms with Crippen molar-refractivity contribution in [3.63, 3.8) is 0 Å². The first-order valence-electron chi connectivity index (χ1n) is 4.44. The van der Waals surface area contributed by atoms with Crippen LogP contribution in [-0.2, 0) is 0 Å². The van der Waals surface area contributed by atoms with Crippen molar-refractivity contribution in [2.75, 3.05) is 27.2 Å². The van der Waals surface area contributed by atoms with E-state index in [-0.39, 0.29) is 0 Å². The Morgan fingerprint density at radius 2 is 2.00 bits per heavy atom. The highest BCUT2D eigenvalue weighted by molar-refractivity contribution is 5.79.